The van der Waals surface area contributed by atoms with E-state index in [4.69, 9.17) is 10.5 Å². The molecule has 0 fully saturated rings. The fourth-order valence-corrected chi connectivity index (χ4v) is 0.790. The second-order valence-corrected chi connectivity index (χ2v) is 2.39. The number of aldehydes is 1. The van der Waals surface area contributed by atoms with Crippen LogP contribution in [0.5, 0.6) is 0 Å². The molecule has 2 N–H and O–H groups in total. The first-order valence-corrected chi connectivity index (χ1v) is 4.09. The Balaban J connectivity index is 0.000000424. The third-order valence-electron chi connectivity index (χ3n) is 1.45. The van der Waals surface area contributed by atoms with Gasteiger partial charge in [0.15, 0.2) is 0 Å². The summed E-state index contributed by atoms with van der Waals surface area (Å²) in [5.41, 5.74) is 7.71. The summed E-state index contributed by atoms with van der Waals surface area (Å²) in [6.07, 6.45) is 2.57. The normalized spacial score (nSPS) is 8.15. The minimum absolute atomic E-state index is 0.609. The summed E-state index contributed by atoms with van der Waals surface area (Å²) in [6, 6.07) is 8.04. The van der Waals surface area contributed by atoms with Crippen LogP contribution in [0.3, 0.4) is 0 Å². The Morgan fingerprint density at radius 2 is 1.85 bits per heavy atom. The first-order chi connectivity index (χ1) is 6.28. The molecule has 0 radical (unpaired) electrons. The number of carbonyl (C=O) groups is 1. The van der Waals surface area contributed by atoms with E-state index in [1.807, 2.05) is 30.3 Å². The van der Waals surface area contributed by atoms with Gasteiger partial charge >= 0.3 is 0 Å². The molecule has 0 saturated carbocycles. The highest BCUT2D eigenvalue weighted by Gasteiger charge is 1.86. The average Bonchev–Trinajstić information content (AvgIpc) is 2.19. The van der Waals surface area contributed by atoms with Crippen LogP contribution >= 0.6 is 0 Å². The number of benzene rings is 1. The van der Waals surface area contributed by atoms with Gasteiger partial charge in [-0.1, -0.05) is 36.9 Å². The molecule has 0 spiro atoms. The summed E-state index contributed by atoms with van der Waals surface area (Å²) < 4.78 is 0. The smallest absolute Gasteiger partial charge is 0.116 e. The van der Waals surface area contributed by atoms with E-state index >= 15 is 0 Å². The Hall–Kier alpha value is -1.41. The summed E-state index contributed by atoms with van der Waals surface area (Å²) in [5, 5.41) is 0. The largest absolute Gasteiger partial charge is 0.326 e. The van der Waals surface area contributed by atoms with Crippen molar-refractivity contribution in [2.75, 3.05) is 0 Å². The predicted octanol–water partition coefficient (Wildman–Crippen LogP) is 1.99. The first-order valence-electron chi connectivity index (χ1n) is 4.09. The molecule has 0 aliphatic heterocycles. The molecule has 1 aromatic carbocycles. The van der Waals surface area contributed by atoms with E-state index < -0.39 is 0 Å². The zero-order valence-electron chi connectivity index (χ0n) is 7.86. The third kappa shape index (κ3) is 4.93. The maximum Gasteiger partial charge on any atom is 0.116 e. The first kappa shape index (κ1) is 11.6. The van der Waals surface area contributed by atoms with Crippen molar-refractivity contribution in [1.29, 1.82) is 0 Å². The van der Waals surface area contributed by atoms with E-state index in [2.05, 4.69) is 6.58 Å². The lowest BCUT2D eigenvalue weighted by Crippen LogP contribution is -1.94. The van der Waals surface area contributed by atoms with Gasteiger partial charge in [0.1, 0.15) is 6.29 Å². The van der Waals surface area contributed by atoms with E-state index in [-0.39, 0.29) is 0 Å². The summed E-state index contributed by atoms with van der Waals surface area (Å²) in [5.74, 6) is 0. The molecule has 13 heavy (non-hydrogen) atoms. The van der Waals surface area contributed by atoms with E-state index in [1.54, 1.807) is 0 Å². The SMILES string of the molecule is C=Cc1ccc(CN)cc1.CC=O. The van der Waals surface area contributed by atoms with E-state index in [1.165, 1.54) is 6.92 Å². The van der Waals surface area contributed by atoms with Crippen LogP contribution in [-0.4, -0.2) is 6.29 Å². The van der Waals surface area contributed by atoms with Crippen LogP contribution in [0, 0.1) is 0 Å². The molecule has 2 nitrogen and oxygen atoms in total. The molecular weight excluding hydrogens is 162 g/mol. The van der Waals surface area contributed by atoms with Gasteiger partial charge in [-0.2, -0.15) is 0 Å². The highest BCUT2D eigenvalue weighted by molar-refractivity contribution is 5.47. The van der Waals surface area contributed by atoms with Crippen LogP contribution in [0.4, 0.5) is 0 Å². The van der Waals surface area contributed by atoms with Gasteiger partial charge in [-0.3, -0.25) is 0 Å². The summed E-state index contributed by atoms with van der Waals surface area (Å²) in [6.45, 7) is 5.71. The van der Waals surface area contributed by atoms with E-state index in [9.17, 15) is 0 Å². The minimum Gasteiger partial charge on any atom is -0.326 e. The molecule has 0 aliphatic rings. The van der Waals surface area contributed by atoms with Crippen LogP contribution < -0.4 is 5.73 Å². The Morgan fingerprint density at radius 1 is 1.38 bits per heavy atom. The average molecular weight is 177 g/mol. The maximum atomic E-state index is 8.81. The van der Waals surface area contributed by atoms with Gasteiger partial charge in [0, 0.05) is 6.54 Å². The van der Waals surface area contributed by atoms with Crippen LogP contribution in [0.1, 0.15) is 18.1 Å². The summed E-state index contributed by atoms with van der Waals surface area (Å²) in [7, 11) is 0. The Morgan fingerprint density at radius 3 is 2.15 bits per heavy atom. The fourth-order valence-electron chi connectivity index (χ4n) is 0.790. The van der Waals surface area contributed by atoms with Gasteiger partial charge in [0.25, 0.3) is 0 Å². The fraction of sp³-hybridized carbons (Fsp3) is 0.182. The van der Waals surface area contributed by atoms with Crippen molar-refractivity contribution >= 4 is 12.4 Å². The predicted molar refractivity (Wildman–Crippen MR) is 56.2 cm³/mol. The van der Waals surface area contributed by atoms with E-state index in [0.29, 0.717) is 6.54 Å². The molecular formula is C11H15NO. The van der Waals surface area contributed by atoms with Gasteiger partial charge in [0.2, 0.25) is 0 Å². The van der Waals surface area contributed by atoms with E-state index in [0.717, 1.165) is 17.4 Å². The third-order valence-corrected chi connectivity index (χ3v) is 1.45. The molecule has 0 atom stereocenters. The highest BCUT2D eigenvalue weighted by Crippen LogP contribution is 2.03. The molecule has 2 heteroatoms. The van der Waals surface area contributed by atoms with Gasteiger partial charge in [-0.05, 0) is 18.1 Å². The summed E-state index contributed by atoms with van der Waals surface area (Å²) in [4.78, 5) is 8.81. The zero-order valence-corrected chi connectivity index (χ0v) is 7.86. The van der Waals surface area contributed by atoms with Crippen LogP contribution in [0.15, 0.2) is 30.8 Å². The number of carbonyl (C=O) groups excluding carboxylic acids is 1. The number of nitrogens with two attached hydrogens (primary N) is 1. The van der Waals surface area contributed by atoms with Crippen molar-refractivity contribution in [2.24, 2.45) is 5.73 Å². The number of hydrogen-bond acceptors (Lipinski definition) is 2. The number of hydrogen-bond donors (Lipinski definition) is 1. The molecule has 0 aromatic heterocycles. The lowest BCUT2D eigenvalue weighted by molar-refractivity contribution is -0.106. The molecule has 0 heterocycles. The van der Waals surface area contributed by atoms with Crippen molar-refractivity contribution < 1.29 is 4.79 Å². The lowest BCUT2D eigenvalue weighted by Gasteiger charge is -1.95. The Kier molecular flexibility index (Phi) is 6.46. The molecule has 1 aromatic rings. The van der Waals surface area contributed by atoms with Gasteiger partial charge in [-0.25, -0.2) is 0 Å². The second-order valence-electron chi connectivity index (χ2n) is 2.39. The van der Waals surface area contributed by atoms with Crippen LogP contribution in [0.25, 0.3) is 6.08 Å². The van der Waals surface area contributed by atoms with Gasteiger partial charge in [0.05, 0.1) is 0 Å². The maximum absolute atomic E-state index is 8.81. The standard InChI is InChI=1S/C9H11N.C2H4O/c1-2-8-3-5-9(7-10)6-4-8;1-2-3/h2-6H,1,7,10H2;2H,1H3. The second kappa shape index (κ2) is 7.25. The Bertz CT molecular complexity index is 251. The molecule has 1 rings (SSSR count). The lowest BCUT2D eigenvalue weighted by atomic mass is 10.1. The van der Waals surface area contributed by atoms with Crippen molar-refractivity contribution in [3.8, 4) is 0 Å². The summed E-state index contributed by atoms with van der Waals surface area (Å²) >= 11 is 0. The van der Waals surface area contributed by atoms with Crippen molar-refractivity contribution in [3.63, 3.8) is 0 Å². The van der Waals surface area contributed by atoms with Crippen LogP contribution in [-0.2, 0) is 11.3 Å². The topological polar surface area (TPSA) is 43.1 Å². The van der Waals surface area contributed by atoms with Gasteiger partial charge < -0.3 is 10.5 Å². The molecule has 0 bridgehead atoms. The Labute approximate surface area is 79.1 Å². The molecule has 0 aliphatic carbocycles. The molecule has 0 amide bonds. The molecule has 0 unspecified atom stereocenters. The molecule has 70 valence electrons. The zero-order chi connectivity index (χ0) is 10.1. The van der Waals surface area contributed by atoms with Gasteiger partial charge in [-0.15, -0.1) is 0 Å². The van der Waals surface area contributed by atoms with Crippen molar-refractivity contribution in [1.82, 2.24) is 0 Å². The van der Waals surface area contributed by atoms with Crippen LogP contribution in [0.2, 0.25) is 0 Å². The monoisotopic (exact) mass is 177 g/mol. The van der Waals surface area contributed by atoms with Crippen molar-refractivity contribution in [2.45, 2.75) is 13.5 Å². The molecule has 0 saturated heterocycles. The number of rotatable bonds is 2. The van der Waals surface area contributed by atoms with Crippen molar-refractivity contribution in [3.05, 3.63) is 42.0 Å². The quantitative estimate of drug-likeness (QED) is 0.702. The minimum atomic E-state index is 0.609. The highest BCUT2D eigenvalue weighted by atomic mass is 16.1.